The van der Waals surface area contributed by atoms with Gasteiger partial charge in [-0.3, -0.25) is 0 Å². The van der Waals surface area contributed by atoms with Gasteiger partial charge in [-0.1, -0.05) is 48.0 Å². The first-order valence-electron chi connectivity index (χ1n) is 10.1. The molecule has 7 nitrogen and oxygen atoms in total. The van der Waals surface area contributed by atoms with E-state index < -0.39 is 18.0 Å². The zero-order chi connectivity index (χ0) is 22.9. The summed E-state index contributed by atoms with van der Waals surface area (Å²) in [6.07, 6.45) is -0.914. The van der Waals surface area contributed by atoms with Gasteiger partial charge in [0.25, 0.3) is 0 Å². The maximum Gasteiger partial charge on any atom is 0.356 e. The maximum atomic E-state index is 12.7. The highest BCUT2D eigenvalue weighted by atomic mass is 35.5. The molecule has 2 aliphatic heterocycles. The summed E-state index contributed by atoms with van der Waals surface area (Å²) in [6, 6.07) is 21.3. The number of carbonyl (C=O) groups excluding carboxylic acids is 1. The minimum absolute atomic E-state index is 0.0287. The SMILES string of the molecule is N#CC1=C(N)Oc2cc(OC(=O)C3COc4ccccc4O3)ccc2C1c1ccccc1Cl. The quantitative estimate of drug-likeness (QED) is 0.459. The predicted molar refractivity (Wildman–Crippen MR) is 119 cm³/mol. The third-order valence-electron chi connectivity index (χ3n) is 5.40. The van der Waals surface area contributed by atoms with Crippen LogP contribution in [-0.2, 0) is 4.79 Å². The van der Waals surface area contributed by atoms with Crippen LogP contribution in [0.3, 0.4) is 0 Å². The Balaban J connectivity index is 1.42. The molecule has 0 aromatic heterocycles. The molecule has 0 aliphatic carbocycles. The van der Waals surface area contributed by atoms with E-state index in [1.807, 2.05) is 24.3 Å². The number of fused-ring (bicyclic) bond motifs is 2. The van der Waals surface area contributed by atoms with E-state index in [1.165, 1.54) is 0 Å². The first kappa shape index (κ1) is 20.7. The number of nitrogens with two attached hydrogens (primary N) is 1. The number of hydrogen-bond acceptors (Lipinski definition) is 7. The van der Waals surface area contributed by atoms with Crippen LogP contribution in [0.15, 0.2) is 78.2 Å². The lowest BCUT2D eigenvalue weighted by Gasteiger charge is -2.27. The second-order valence-corrected chi connectivity index (χ2v) is 7.84. The summed E-state index contributed by atoms with van der Waals surface area (Å²) < 4.78 is 22.5. The number of rotatable bonds is 3. The van der Waals surface area contributed by atoms with Gasteiger partial charge < -0.3 is 24.7 Å². The van der Waals surface area contributed by atoms with Gasteiger partial charge in [-0.2, -0.15) is 5.26 Å². The van der Waals surface area contributed by atoms with Crippen molar-refractivity contribution < 1.29 is 23.7 Å². The van der Waals surface area contributed by atoms with E-state index in [9.17, 15) is 10.1 Å². The number of benzene rings is 3. The third-order valence-corrected chi connectivity index (χ3v) is 5.74. The van der Waals surface area contributed by atoms with E-state index in [0.717, 1.165) is 5.56 Å². The lowest BCUT2D eigenvalue weighted by molar-refractivity contribution is -0.144. The molecule has 164 valence electrons. The van der Waals surface area contributed by atoms with Crippen LogP contribution in [0.25, 0.3) is 0 Å². The molecule has 2 N–H and O–H groups in total. The number of halogens is 1. The molecule has 2 heterocycles. The molecule has 0 radical (unpaired) electrons. The van der Waals surface area contributed by atoms with Crippen molar-refractivity contribution in [3.8, 4) is 29.1 Å². The van der Waals surface area contributed by atoms with Crippen molar-refractivity contribution in [2.24, 2.45) is 5.73 Å². The highest BCUT2D eigenvalue weighted by Gasteiger charge is 2.33. The van der Waals surface area contributed by atoms with Gasteiger partial charge >= 0.3 is 5.97 Å². The van der Waals surface area contributed by atoms with Gasteiger partial charge in [-0.15, -0.1) is 0 Å². The van der Waals surface area contributed by atoms with E-state index in [2.05, 4.69) is 6.07 Å². The smallest absolute Gasteiger partial charge is 0.356 e. The van der Waals surface area contributed by atoms with Gasteiger partial charge in [-0.05, 0) is 29.8 Å². The number of para-hydroxylation sites is 2. The molecule has 0 saturated heterocycles. The van der Waals surface area contributed by atoms with Crippen LogP contribution in [0.1, 0.15) is 17.0 Å². The molecule has 0 saturated carbocycles. The number of allylic oxidation sites excluding steroid dienone is 1. The van der Waals surface area contributed by atoms with Crippen LogP contribution in [0.5, 0.6) is 23.0 Å². The summed E-state index contributed by atoms with van der Waals surface area (Å²) in [5.74, 6) is 0.515. The van der Waals surface area contributed by atoms with E-state index >= 15 is 0 Å². The number of nitriles is 1. The lowest BCUT2D eigenvalue weighted by atomic mass is 9.83. The van der Waals surface area contributed by atoms with Crippen LogP contribution in [0, 0.1) is 11.3 Å². The zero-order valence-corrected chi connectivity index (χ0v) is 17.9. The summed E-state index contributed by atoms with van der Waals surface area (Å²) in [6.45, 7) is 0.0348. The zero-order valence-electron chi connectivity index (χ0n) is 17.2. The van der Waals surface area contributed by atoms with Crippen LogP contribution >= 0.6 is 11.6 Å². The summed E-state index contributed by atoms with van der Waals surface area (Å²) in [5.41, 5.74) is 7.70. The maximum absolute atomic E-state index is 12.7. The molecule has 5 rings (SSSR count). The fourth-order valence-electron chi connectivity index (χ4n) is 3.85. The Morgan fingerprint density at radius 1 is 1.03 bits per heavy atom. The summed E-state index contributed by atoms with van der Waals surface area (Å²) in [4.78, 5) is 12.7. The van der Waals surface area contributed by atoms with E-state index in [0.29, 0.717) is 27.8 Å². The minimum atomic E-state index is -0.914. The van der Waals surface area contributed by atoms with Gasteiger partial charge in [0.05, 0.1) is 5.92 Å². The number of carbonyl (C=O) groups is 1. The molecule has 2 atom stereocenters. The Kier molecular flexibility index (Phi) is 5.29. The van der Waals surface area contributed by atoms with Crippen molar-refractivity contribution in [1.29, 1.82) is 5.26 Å². The average molecular weight is 461 g/mol. The number of nitrogens with zero attached hydrogens (tertiary/aromatic N) is 1. The Hall–Kier alpha value is -4.15. The van der Waals surface area contributed by atoms with Gasteiger partial charge in [0.2, 0.25) is 12.0 Å². The van der Waals surface area contributed by atoms with E-state index in [-0.39, 0.29) is 23.8 Å². The van der Waals surface area contributed by atoms with Crippen LogP contribution in [0.4, 0.5) is 0 Å². The van der Waals surface area contributed by atoms with Crippen molar-refractivity contribution in [2.75, 3.05) is 6.61 Å². The molecular formula is C25H17ClN2O5. The molecule has 0 fully saturated rings. The Morgan fingerprint density at radius 2 is 1.79 bits per heavy atom. The van der Waals surface area contributed by atoms with Gasteiger partial charge in [0, 0.05) is 16.7 Å². The molecule has 3 aromatic carbocycles. The van der Waals surface area contributed by atoms with Crippen molar-refractivity contribution in [2.45, 2.75) is 12.0 Å². The third kappa shape index (κ3) is 3.81. The highest BCUT2D eigenvalue weighted by molar-refractivity contribution is 6.31. The molecule has 3 aromatic rings. The second kappa shape index (κ2) is 8.41. The topological polar surface area (TPSA) is 104 Å². The number of hydrogen-bond donors (Lipinski definition) is 1. The number of ether oxygens (including phenoxy) is 4. The minimum Gasteiger partial charge on any atom is -0.485 e. The summed E-state index contributed by atoms with van der Waals surface area (Å²) in [5, 5.41) is 10.2. The van der Waals surface area contributed by atoms with Gasteiger partial charge in [-0.25, -0.2) is 4.79 Å². The van der Waals surface area contributed by atoms with Gasteiger partial charge in [0.15, 0.2) is 11.5 Å². The van der Waals surface area contributed by atoms with Crippen LogP contribution in [-0.4, -0.2) is 18.7 Å². The van der Waals surface area contributed by atoms with Crippen molar-refractivity contribution in [1.82, 2.24) is 0 Å². The van der Waals surface area contributed by atoms with Crippen molar-refractivity contribution in [3.05, 3.63) is 94.3 Å². The largest absolute Gasteiger partial charge is 0.485 e. The van der Waals surface area contributed by atoms with E-state index in [4.69, 9.17) is 36.3 Å². The van der Waals surface area contributed by atoms with E-state index in [1.54, 1.807) is 42.5 Å². The molecule has 2 aliphatic rings. The fraction of sp³-hybridized carbons (Fsp3) is 0.120. The summed E-state index contributed by atoms with van der Waals surface area (Å²) in [7, 11) is 0. The molecule has 0 amide bonds. The molecule has 2 unspecified atom stereocenters. The van der Waals surface area contributed by atoms with Crippen molar-refractivity contribution in [3.63, 3.8) is 0 Å². The molecule has 0 bridgehead atoms. The Labute approximate surface area is 194 Å². The molecule has 8 heteroatoms. The average Bonchev–Trinajstić information content (AvgIpc) is 2.83. The molecular weight excluding hydrogens is 444 g/mol. The fourth-order valence-corrected chi connectivity index (χ4v) is 4.09. The Bertz CT molecular complexity index is 1330. The Morgan fingerprint density at radius 3 is 2.58 bits per heavy atom. The van der Waals surface area contributed by atoms with Crippen LogP contribution < -0.4 is 24.7 Å². The first-order chi connectivity index (χ1) is 16.0. The molecule has 0 spiro atoms. The van der Waals surface area contributed by atoms with Crippen LogP contribution in [0.2, 0.25) is 5.02 Å². The number of esters is 1. The first-order valence-corrected chi connectivity index (χ1v) is 10.5. The highest BCUT2D eigenvalue weighted by Crippen LogP contribution is 2.45. The normalized spacial score (nSPS) is 18.5. The predicted octanol–water partition coefficient (Wildman–Crippen LogP) is 4.30. The standard InChI is InChI=1S/C25H17ClN2O5/c26-18-6-2-1-5-15(18)23-16-10-9-14(11-21(16)33-24(28)17(23)12-27)31-25(29)22-13-30-19-7-3-4-8-20(19)32-22/h1-11,22-23H,13,28H2. The van der Waals surface area contributed by atoms with Gasteiger partial charge in [0.1, 0.15) is 29.7 Å². The van der Waals surface area contributed by atoms with Crippen molar-refractivity contribution >= 4 is 17.6 Å². The summed E-state index contributed by atoms with van der Waals surface area (Å²) >= 11 is 6.41. The molecule has 33 heavy (non-hydrogen) atoms. The lowest BCUT2D eigenvalue weighted by Crippen LogP contribution is -2.39. The monoisotopic (exact) mass is 460 g/mol. The second-order valence-electron chi connectivity index (χ2n) is 7.43.